The summed E-state index contributed by atoms with van der Waals surface area (Å²) in [5, 5.41) is 7.80. The summed E-state index contributed by atoms with van der Waals surface area (Å²) in [4.78, 5) is 1.01. The molecule has 0 saturated carbocycles. The van der Waals surface area contributed by atoms with Gasteiger partial charge in [-0.3, -0.25) is 5.43 Å². The minimum Gasteiger partial charge on any atom is -0.385 e. The van der Waals surface area contributed by atoms with E-state index in [2.05, 4.69) is 36.1 Å². The molecule has 1 aromatic rings. The van der Waals surface area contributed by atoms with Crippen LogP contribution in [0.2, 0.25) is 0 Å². The maximum absolute atomic E-state index is 5.12. The molecule has 1 aromatic heterocycles. The molecule has 0 aliphatic heterocycles. The van der Waals surface area contributed by atoms with Crippen molar-refractivity contribution < 1.29 is 4.74 Å². The topological polar surface area (TPSA) is 58.5 Å². The Bertz CT molecular complexity index is 462. The van der Waals surface area contributed by atoms with E-state index in [-0.39, 0.29) is 0 Å². The standard InChI is InChI=1S/C11H17BrN4OS2/c1-7-9(12)10(19-16-7)8(2)14-15-11(18)13-5-4-6-17-3/h4-6H2,1-3H3,(H2,13,15,18). The van der Waals surface area contributed by atoms with Gasteiger partial charge in [-0.25, -0.2) is 0 Å². The molecule has 0 fully saturated rings. The maximum Gasteiger partial charge on any atom is 0.186 e. The summed E-state index contributed by atoms with van der Waals surface area (Å²) in [6, 6.07) is 0. The van der Waals surface area contributed by atoms with Gasteiger partial charge in [-0.2, -0.15) is 9.47 Å². The van der Waals surface area contributed by atoms with Gasteiger partial charge in [0.05, 0.1) is 20.8 Å². The first-order valence-electron chi connectivity index (χ1n) is 5.75. The van der Waals surface area contributed by atoms with Gasteiger partial charge in [0.1, 0.15) is 0 Å². The highest BCUT2D eigenvalue weighted by atomic mass is 79.9. The fourth-order valence-corrected chi connectivity index (χ4v) is 2.81. The summed E-state index contributed by atoms with van der Waals surface area (Å²) in [6.07, 6.45) is 0.903. The second-order valence-corrected chi connectivity index (χ2v) is 5.80. The van der Waals surface area contributed by atoms with Gasteiger partial charge in [0.15, 0.2) is 5.11 Å². The van der Waals surface area contributed by atoms with Gasteiger partial charge in [0, 0.05) is 20.3 Å². The van der Waals surface area contributed by atoms with E-state index < -0.39 is 0 Å². The summed E-state index contributed by atoms with van der Waals surface area (Å²) >= 11 is 10.0. The van der Waals surface area contributed by atoms with Crippen LogP contribution in [0.25, 0.3) is 0 Å². The average Bonchev–Trinajstić information content (AvgIpc) is 2.72. The molecule has 8 heteroatoms. The zero-order valence-electron chi connectivity index (χ0n) is 11.1. The van der Waals surface area contributed by atoms with E-state index in [1.807, 2.05) is 13.8 Å². The SMILES string of the molecule is COCCCNC(=S)NN=C(C)c1snc(C)c1Br. The number of hydrogen-bond acceptors (Lipinski definition) is 5. The number of nitrogens with one attached hydrogen (secondary N) is 2. The van der Waals surface area contributed by atoms with E-state index >= 15 is 0 Å². The first kappa shape index (κ1) is 16.5. The van der Waals surface area contributed by atoms with Crippen molar-refractivity contribution >= 4 is 50.5 Å². The van der Waals surface area contributed by atoms with Gasteiger partial charge in [-0.05, 0) is 59.9 Å². The van der Waals surface area contributed by atoms with Crippen LogP contribution in [0, 0.1) is 6.92 Å². The number of methoxy groups -OCH3 is 1. The van der Waals surface area contributed by atoms with Crippen LogP contribution in [-0.4, -0.2) is 35.5 Å². The van der Waals surface area contributed by atoms with E-state index in [1.54, 1.807) is 7.11 Å². The summed E-state index contributed by atoms with van der Waals surface area (Å²) in [7, 11) is 1.68. The molecule has 0 radical (unpaired) electrons. The highest BCUT2D eigenvalue weighted by molar-refractivity contribution is 9.10. The molecule has 0 amide bonds. The highest BCUT2D eigenvalue weighted by Crippen LogP contribution is 2.24. The van der Waals surface area contributed by atoms with Crippen molar-refractivity contribution in [3.8, 4) is 0 Å². The van der Waals surface area contributed by atoms with Crippen LogP contribution in [0.15, 0.2) is 9.57 Å². The highest BCUT2D eigenvalue weighted by Gasteiger charge is 2.10. The van der Waals surface area contributed by atoms with E-state index in [1.165, 1.54) is 11.5 Å². The van der Waals surface area contributed by atoms with Crippen molar-refractivity contribution in [3.05, 3.63) is 15.0 Å². The molecular weight excluding hydrogens is 348 g/mol. The number of aryl methyl sites for hydroxylation is 1. The van der Waals surface area contributed by atoms with Gasteiger partial charge in [0.2, 0.25) is 0 Å². The molecule has 0 spiro atoms. The van der Waals surface area contributed by atoms with Crippen LogP contribution in [0.1, 0.15) is 23.9 Å². The molecular formula is C11H17BrN4OS2. The second-order valence-electron chi connectivity index (χ2n) is 3.82. The molecule has 0 aliphatic carbocycles. The van der Waals surface area contributed by atoms with Crippen LogP contribution in [-0.2, 0) is 4.74 Å². The van der Waals surface area contributed by atoms with E-state index in [4.69, 9.17) is 17.0 Å². The molecule has 0 atom stereocenters. The zero-order valence-corrected chi connectivity index (χ0v) is 14.3. The molecule has 0 unspecified atom stereocenters. The average molecular weight is 365 g/mol. The van der Waals surface area contributed by atoms with Gasteiger partial charge in [0.25, 0.3) is 0 Å². The van der Waals surface area contributed by atoms with Gasteiger partial charge in [-0.15, -0.1) is 0 Å². The lowest BCUT2D eigenvalue weighted by atomic mass is 10.3. The lowest BCUT2D eigenvalue weighted by Crippen LogP contribution is -2.33. The second kappa shape index (κ2) is 8.57. The molecule has 19 heavy (non-hydrogen) atoms. The number of hydrazone groups is 1. The van der Waals surface area contributed by atoms with Crippen LogP contribution in [0.4, 0.5) is 0 Å². The summed E-state index contributed by atoms with van der Waals surface area (Å²) in [6.45, 7) is 5.34. The van der Waals surface area contributed by atoms with Crippen LogP contribution in [0.5, 0.6) is 0 Å². The molecule has 0 bridgehead atoms. The minimum atomic E-state index is 0.507. The Kier molecular flexibility index (Phi) is 7.44. The molecule has 0 saturated heterocycles. The molecule has 1 heterocycles. The quantitative estimate of drug-likeness (QED) is 0.351. The third kappa shape index (κ3) is 5.52. The summed E-state index contributed by atoms with van der Waals surface area (Å²) < 4.78 is 10.2. The predicted octanol–water partition coefficient (Wildman–Crippen LogP) is 2.44. The van der Waals surface area contributed by atoms with Crippen molar-refractivity contribution in [3.63, 3.8) is 0 Å². The predicted molar refractivity (Wildman–Crippen MR) is 87.0 cm³/mol. The lowest BCUT2D eigenvalue weighted by Gasteiger charge is -2.07. The van der Waals surface area contributed by atoms with Crippen LogP contribution in [0.3, 0.4) is 0 Å². The van der Waals surface area contributed by atoms with E-state index in [0.717, 1.165) is 33.7 Å². The maximum atomic E-state index is 5.12. The van der Waals surface area contributed by atoms with Gasteiger partial charge < -0.3 is 10.1 Å². The van der Waals surface area contributed by atoms with Crippen molar-refractivity contribution in [2.45, 2.75) is 20.3 Å². The van der Waals surface area contributed by atoms with Gasteiger partial charge in [-0.1, -0.05) is 0 Å². The number of aromatic nitrogens is 1. The smallest absolute Gasteiger partial charge is 0.186 e. The van der Waals surface area contributed by atoms with Gasteiger partial charge >= 0.3 is 0 Å². The first-order valence-corrected chi connectivity index (χ1v) is 7.73. The zero-order chi connectivity index (χ0) is 14.3. The lowest BCUT2D eigenvalue weighted by molar-refractivity contribution is 0.195. The number of hydrogen-bond donors (Lipinski definition) is 2. The van der Waals surface area contributed by atoms with Crippen LogP contribution < -0.4 is 10.7 Å². The molecule has 0 aromatic carbocycles. The molecule has 5 nitrogen and oxygen atoms in total. The fraction of sp³-hybridized carbons (Fsp3) is 0.545. The van der Waals surface area contributed by atoms with Crippen molar-refractivity contribution in [2.24, 2.45) is 5.10 Å². The Hall–Kier alpha value is -0.570. The van der Waals surface area contributed by atoms with E-state index in [9.17, 15) is 0 Å². The Morgan fingerprint density at radius 2 is 2.32 bits per heavy atom. The fourth-order valence-electron chi connectivity index (χ4n) is 1.23. The Labute approximate surface area is 131 Å². The summed E-state index contributed by atoms with van der Waals surface area (Å²) in [5.74, 6) is 0. The molecule has 106 valence electrons. The molecule has 2 N–H and O–H groups in total. The van der Waals surface area contributed by atoms with Crippen molar-refractivity contribution in [1.82, 2.24) is 15.1 Å². The molecule has 1 rings (SSSR count). The Morgan fingerprint density at radius 1 is 1.58 bits per heavy atom. The summed E-state index contributed by atoms with van der Waals surface area (Å²) in [5.41, 5.74) is 4.63. The monoisotopic (exact) mass is 364 g/mol. The largest absolute Gasteiger partial charge is 0.385 e. The van der Waals surface area contributed by atoms with Crippen molar-refractivity contribution in [1.29, 1.82) is 0 Å². The minimum absolute atomic E-state index is 0.507. The third-order valence-corrected chi connectivity index (χ3v) is 4.77. The number of halogens is 1. The Morgan fingerprint density at radius 3 is 2.89 bits per heavy atom. The van der Waals surface area contributed by atoms with Crippen LogP contribution >= 0.6 is 39.7 Å². The number of thiocarbonyl (C=S) groups is 1. The number of rotatable bonds is 6. The van der Waals surface area contributed by atoms with E-state index in [0.29, 0.717) is 11.7 Å². The molecule has 0 aliphatic rings. The number of ether oxygens (including phenoxy) is 1. The Balaban J connectivity index is 2.43. The first-order chi connectivity index (χ1) is 9.06. The number of nitrogens with zero attached hydrogens (tertiary/aromatic N) is 2. The normalized spacial score (nSPS) is 11.5. The third-order valence-electron chi connectivity index (χ3n) is 2.26. The van der Waals surface area contributed by atoms with Crippen molar-refractivity contribution in [2.75, 3.05) is 20.3 Å².